The summed E-state index contributed by atoms with van der Waals surface area (Å²) < 4.78 is 4.80. The molecule has 1 atom stereocenters. The van der Waals surface area contributed by atoms with Gasteiger partial charge < -0.3 is 14.6 Å². The SMILES string of the molecule is Cc1c2c(c(O)c3c(=O)occc13)CC(C)(C(=O)O)C2. The third kappa shape index (κ3) is 1.49. The van der Waals surface area contributed by atoms with Crippen LogP contribution in [0.4, 0.5) is 0 Å². The number of rotatable bonds is 1. The number of hydrogen-bond acceptors (Lipinski definition) is 4. The number of fused-ring (bicyclic) bond motifs is 2. The monoisotopic (exact) mass is 274 g/mol. The maximum Gasteiger partial charge on any atom is 0.347 e. The minimum absolute atomic E-state index is 0.137. The van der Waals surface area contributed by atoms with Crippen LogP contribution in [-0.4, -0.2) is 16.2 Å². The number of hydrogen-bond donors (Lipinski definition) is 2. The van der Waals surface area contributed by atoms with Gasteiger partial charge in [0.05, 0.1) is 11.7 Å². The topological polar surface area (TPSA) is 87.7 Å². The third-order valence-electron chi connectivity index (χ3n) is 4.28. The van der Waals surface area contributed by atoms with Crippen molar-refractivity contribution in [2.75, 3.05) is 0 Å². The predicted molar refractivity (Wildman–Crippen MR) is 72.0 cm³/mol. The Balaban J connectivity index is 2.38. The molecule has 5 heteroatoms. The maximum atomic E-state index is 11.8. The summed E-state index contributed by atoms with van der Waals surface area (Å²) in [7, 11) is 0. The molecule has 0 bridgehead atoms. The Bertz CT molecular complexity index is 802. The normalized spacial score (nSPS) is 21.1. The number of benzene rings is 1. The fourth-order valence-corrected chi connectivity index (χ4v) is 3.06. The van der Waals surface area contributed by atoms with Crippen LogP contribution in [0.5, 0.6) is 5.75 Å². The lowest BCUT2D eigenvalue weighted by Gasteiger charge is -2.16. The zero-order valence-corrected chi connectivity index (χ0v) is 11.2. The van der Waals surface area contributed by atoms with E-state index in [1.807, 2.05) is 6.92 Å². The van der Waals surface area contributed by atoms with E-state index in [9.17, 15) is 19.8 Å². The molecule has 0 aliphatic heterocycles. The summed E-state index contributed by atoms with van der Waals surface area (Å²) in [6.45, 7) is 3.50. The number of carboxylic acid groups (broad SMARTS) is 1. The molecule has 2 aromatic rings. The van der Waals surface area contributed by atoms with Crippen LogP contribution in [0.15, 0.2) is 21.5 Å². The first-order valence-electron chi connectivity index (χ1n) is 6.33. The van der Waals surface area contributed by atoms with Crippen LogP contribution >= 0.6 is 0 Å². The van der Waals surface area contributed by atoms with E-state index in [-0.39, 0.29) is 17.6 Å². The standard InChI is InChI=1S/C15H14O5/c1-7-8-3-4-20-13(17)11(8)12(16)10-6-15(2,14(18)19)5-9(7)10/h3-4,16H,5-6H2,1-2H3,(H,18,19). The molecular formula is C15H14O5. The molecule has 1 heterocycles. The Morgan fingerprint density at radius 2 is 2.00 bits per heavy atom. The summed E-state index contributed by atoms with van der Waals surface area (Å²) in [5.41, 5.74) is 0.673. The molecule has 1 aromatic heterocycles. The van der Waals surface area contributed by atoms with E-state index in [0.717, 1.165) is 11.1 Å². The number of carbonyl (C=O) groups is 1. The van der Waals surface area contributed by atoms with Crippen LogP contribution in [-0.2, 0) is 17.6 Å². The van der Waals surface area contributed by atoms with Crippen molar-refractivity contribution in [1.82, 2.24) is 0 Å². The highest BCUT2D eigenvalue weighted by atomic mass is 16.4. The van der Waals surface area contributed by atoms with Crippen molar-refractivity contribution < 1.29 is 19.4 Å². The van der Waals surface area contributed by atoms with E-state index in [1.54, 1.807) is 13.0 Å². The molecule has 1 aromatic carbocycles. The second-order valence-electron chi connectivity index (χ2n) is 5.65. The maximum absolute atomic E-state index is 11.8. The van der Waals surface area contributed by atoms with E-state index in [4.69, 9.17) is 4.42 Å². The van der Waals surface area contributed by atoms with E-state index in [2.05, 4.69) is 0 Å². The summed E-state index contributed by atoms with van der Waals surface area (Å²) in [5.74, 6) is -1.04. The Hall–Kier alpha value is -2.30. The van der Waals surface area contributed by atoms with Gasteiger partial charge in [-0.2, -0.15) is 0 Å². The lowest BCUT2D eigenvalue weighted by Crippen LogP contribution is -2.27. The van der Waals surface area contributed by atoms with Gasteiger partial charge in [-0.15, -0.1) is 0 Å². The van der Waals surface area contributed by atoms with Gasteiger partial charge in [-0.1, -0.05) is 0 Å². The predicted octanol–water partition coefficient (Wildman–Crippen LogP) is 2.00. The molecule has 1 aliphatic carbocycles. The van der Waals surface area contributed by atoms with Crippen LogP contribution in [0.3, 0.4) is 0 Å². The van der Waals surface area contributed by atoms with Crippen molar-refractivity contribution in [2.24, 2.45) is 5.41 Å². The second kappa shape index (κ2) is 3.85. The van der Waals surface area contributed by atoms with Crippen molar-refractivity contribution in [1.29, 1.82) is 0 Å². The molecule has 0 saturated carbocycles. The number of carboxylic acids is 1. The molecule has 0 fully saturated rings. The third-order valence-corrected chi connectivity index (χ3v) is 4.28. The Kier molecular flexibility index (Phi) is 2.45. The molecule has 0 radical (unpaired) electrons. The van der Waals surface area contributed by atoms with Crippen molar-refractivity contribution >= 4 is 16.7 Å². The van der Waals surface area contributed by atoms with E-state index in [0.29, 0.717) is 17.4 Å². The molecular weight excluding hydrogens is 260 g/mol. The van der Waals surface area contributed by atoms with Crippen LogP contribution in [0.1, 0.15) is 23.6 Å². The molecule has 0 spiro atoms. The van der Waals surface area contributed by atoms with Gasteiger partial charge in [0.25, 0.3) is 0 Å². The smallest absolute Gasteiger partial charge is 0.347 e. The summed E-state index contributed by atoms with van der Waals surface area (Å²) in [5, 5.41) is 20.4. The summed E-state index contributed by atoms with van der Waals surface area (Å²) in [6.07, 6.45) is 1.86. The Morgan fingerprint density at radius 3 is 2.65 bits per heavy atom. The quantitative estimate of drug-likeness (QED) is 0.830. The molecule has 3 rings (SSSR count). The fraction of sp³-hybridized carbons (Fsp3) is 0.333. The van der Waals surface area contributed by atoms with Crippen LogP contribution in [0.25, 0.3) is 10.8 Å². The van der Waals surface area contributed by atoms with Gasteiger partial charge >= 0.3 is 11.6 Å². The lowest BCUT2D eigenvalue weighted by molar-refractivity contribution is -0.147. The summed E-state index contributed by atoms with van der Waals surface area (Å²) in [4.78, 5) is 23.2. The molecule has 2 N–H and O–H groups in total. The lowest BCUT2D eigenvalue weighted by atomic mass is 9.87. The number of aromatic hydroxyl groups is 1. The van der Waals surface area contributed by atoms with Crippen molar-refractivity contribution in [2.45, 2.75) is 26.7 Å². The molecule has 0 saturated heterocycles. The van der Waals surface area contributed by atoms with Gasteiger partial charge in [0, 0.05) is 0 Å². The van der Waals surface area contributed by atoms with Crippen LogP contribution < -0.4 is 5.63 Å². The molecule has 1 aliphatic rings. The van der Waals surface area contributed by atoms with Crippen LogP contribution in [0, 0.1) is 12.3 Å². The zero-order valence-electron chi connectivity index (χ0n) is 11.2. The van der Waals surface area contributed by atoms with Crippen molar-refractivity contribution in [3.05, 3.63) is 39.4 Å². The van der Waals surface area contributed by atoms with Gasteiger partial charge in [0.1, 0.15) is 11.1 Å². The first-order chi connectivity index (χ1) is 9.35. The van der Waals surface area contributed by atoms with Gasteiger partial charge in [-0.05, 0) is 54.8 Å². The van der Waals surface area contributed by atoms with E-state index in [1.165, 1.54) is 6.26 Å². The Labute approximate surface area is 114 Å². The summed E-state index contributed by atoms with van der Waals surface area (Å²) >= 11 is 0. The van der Waals surface area contributed by atoms with Gasteiger partial charge in [0.15, 0.2) is 0 Å². The highest BCUT2D eigenvalue weighted by Crippen LogP contribution is 2.45. The van der Waals surface area contributed by atoms with E-state index < -0.39 is 17.0 Å². The minimum Gasteiger partial charge on any atom is -0.507 e. The van der Waals surface area contributed by atoms with E-state index >= 15 is 0 Å². The average molecular weight is 274 g/mol. The number of phenolic OH excluding ortho intramolecular Hbond substituents is 1. The Morgan fingerprint density at radius 1 is 1.35 bits per heavy atom. The van der Waals surface area contributed by atoms with Crippen molar-refractivity contribution in [3.8, 4) is 5.75 Å². The highest BCUT2D eigenvalue weighted by molar-refractivity contribution is 5.93. The molecule has 1 unspecified atom stereocenters. The molecule has 0 amide bonds. The average Bonchev–Trinajstić information content (AvgIpc) is 2.76. The fourth-order valence-electron chi connectivity index (χ4n) is 3.06. The number of phenols is 1. The highest BCUT2D eigenvalue weighted by Gasteiger charge is 2.42. The molecule has 20 heavy (non-hydrogen) atoms. The van der Waals surface area contributed by atoms with Gasteiger partial charge in [0.2, 0.25) is 0 Å². The second-order valence-corrected chi connectivity index (χ2v) is 5.65. The first kappa shape index (κ1) is 12.7. The zero-order chi connectivity index (χ0) is 14.7. The molecule has 104 valence electrons. The summed E-state index contributed by atoms with van der Waals surface area (Å²) in [6, 6.07) is 1.63. The first-order valence-corrected chi connectivity index (χ1v) is 6.33. The minimum atomic E-state index is -0.942. The van der Waals surface area contributed by atoms with Crippen molar-refractivity contribution in [3.63, 3.8) is 0 Å². The largest absolute Gasteiger partial charge is 0.507 e. The number of aliphatic carboxylic acids is 1. The van der Waals surface area contributed by atoms with Gasteiger partial charge in [-0.25, -0.2) is 4.79 Å². The molecule has 5 nitrogen and oxygen atoms in total. The van der Waals surface area contributed by atoms with Gasteiger partial charge in [-0.3, -0.25) is 4.79 Å². The number of aryl methyl sites for hydroxylation is 1. The van der Waals surface area contributed by atoms with Crippen LogP contribution in [0.2, 0.25) is 0 Å².